The Balaban J connectivity index is 1.41. The summed E-state index contributed by atoms with van der Waals surface area (Å²) < 4.78 is 35.9. The van der Waals surface area contributed by atoms with Gasteiger partial charge in [0.1, 0.15) is 11.3 Å². The predicted octanol–water partition coefficient (Wildman–Crippen LogP) is 3.44. The molecule has 1 amide bonds. The lowest BCUT2D eigenvalue weighted by atomic mass is 10.2. The summed E-state index contributed by atoms with van der Waals surface area (Å²) in [5.41, 5.74) is 1.62. The minimum absolute atomic E-state index is 0.0784. The molecule has 4 heterocycles. The number of carbonyl (C=O) groups excluding carboxylic acids is 1. The Labute approximate surface area is 210 Å². The summed E-state index contributed by atoms with van der Waals surface area (Å²) in [5, 5.41) is 12.0. The molecule has 0 aliphatic carbocycles. The quantitative estimate of drug-likeness (QED) is 0.440. The normalized spacial score (nSPS) is 14.0. The van der Waals surface area contributed by atoms with Crippen LogP contribution in [0.25, 0.3) is 11.2 Å². The van der Waals surface area contributed by atoms with Crippen molar-refractivity contribution in [2.24, 2.45) is 7.05 Å². The third-order valence-corrected chi connectivity index (χ3v) is 6.04. The first-order valence-electron chi connectivity index (χ1n) is 11.4. The lowest BCUT2D eigenvalue weighted by Crippen LogP contribution is -2.47. The van der Waals surface area contributed by atoms with Gasteiger partial charge in [0.25, 0.3) is 5.91 Å². The lowest BCUT2D eigenvalue weighted by Gasteiger charge is -2.32. The molecule has 1 aliphatic heterocycles. The number of fused-ring (bicyclic) bond motifs is 1. The van der Waals surface area contributed by atoms with Crippen LogP contribution in [-0.4, -0.2) is 68.5 Å². The van der Waals surface area contributed by atoms with Crippen molar-refractivity contribution in [1.82, 2.24) is 29.3 Å². The molecule has 1 aliphatic rings. The van der Waals surface area contributed by atoms with E-state index in [1.165, 1.54) is 12.3 Å². The summed E-state index contributed by atoms with van der Waals surface area (Å²) in [7, 11) is 3.74. The molecular weight excluding hydrogens is 482 g/mol. The third-order valence-electron chi connectivity index (χ3n) is 6.04. The van der Waals surface area contributed by atoms with Crippen LogP contribution in [0.3, 0.4) is 0 Å². The molecule has 0 unspecified atom stereocenters. The Bertz CT molecular complexity index is 1500. The average molecular weight is 505 g/mol. The summed E-state index contributed by atoms with van der Waals surface area (Å²) in [5.74, 6) is -2.48. The first kappa shape index (κ1) is 24.1. The number of anilines is 2. The molecule has 0 spiro atoms. The average Bonchev–Trinajstić information content (AvgIpc) is 3.27. The first-order valence-corrected chi connectivity index (χ1v) is 11.4. The van der Waals surface area contributed by atoms with Gasteiger partial charge in [-0.1, -0.05) is 0 Å². The summed E-state index contributed by atoms with van der Waals surface area (Å²) >= 11 is 0. The zero-order chi connectivity index (χ0) is 26.1. The van der Waals surface area contributed by atoms with Gasteiger partial charge in [0.05, 0.1) is 29.2 Å². The van der Waals surface area contributed by atoms with Crippen LogP contribution in [0.4, 0.5) is 20.3 Å². The second kappa shape index (κ2) is 9.79. The number of hydrogen-bond acceptors (Lipinski definition) is 8. The van der Waals surface area contributed by atoms with E-state index in [0.717, 1.165) is 25.2 Å². The zero-order valence-corrected chi connectivity index (χ0v) is 20.1. The number of nitrogens with zero attached hydrogens (tertiary/aromatic N) is 7. The molecule has 1 aromatic carbocycles. The van der Waals surface area contributed by atoms with Crippen molar-refractivity contribution in [3.63, 3.8) is 0 Å². The molecule has 0 saturated carbocycles. The van der Waals surface area contributed by atoms with E-state index in [1.807, 2.05) is 7.05 Å². The van der Waals surface area contributed by atoms with E-state index in [9.17, 15) is 13.6 Å². The van der Waals surface area contributed by atoms with Gasteiger partial charge < -0.3 is 24.4 Å². The number of nitrogens with one attached hydrogen (secondary N) is 1. The fourth-order valence-corrected chi connectivity index (χ4v) is 3.97. The molecule has 1 fully saturated rings. The molecule has 1 N–H and O–H groups in total. The maximum Gasteiger partial charge on any atom is 0.255 e. The Morgan fingerprint density at radius 2 is 1.81 bits per heavy atom. The van der Waals surface area contributed by atoms with Gasteiger partial charge in [-0.3, -0.25) is 4.79 Å². The smallest absolute Gasteiger partial charge is 0.255 e. The fraction of sp³-hybridized carbons (Fsp3) is 0.240. The van der Waals surface area contributed by atoms with Crippen LogP contribution in [0.2, 0.25) is 0 Å². The van der Waals surface area contributed by atoms with Crippen molar-refractivity contribution in [2.45, 2.75) is 0 Å². The third kappa shape index (κ3) is 4.89. The fourth-order valence-electron chi connectivity index (χ4n) is 3.97. The number of carbonyl (C=O) groups is 1. The number of amides is 1. The van der Waals surface area contributed by atoms with Crippen LogP contribution in [-0.2, 0) is 7.05 Å². The van der Waals surface area contributed by atoms with Crippen molar-refractivity contribution < 1.29 is 18.3 Å². The molecule has 1 saturated heterocycles. The van der Waals surface area contributed by atoms with Crippen LogP contribution in [0.15, 0.2) is 42.9 Å². The highest BCUT2D eigenvalue weighted by molar-refractivity contribution is 5.94. The maximum atomic E-state index is 14.4. The maximum absolute atomic E-state index is 14.4. The molecule has 0 radical (unpaired) electrons. The highest BCUT2D eigenvalue weighted by atomic mass is 19.1. The Hall–Kier alpha value is -4.63. The van der Waals surface area contributed by atoms with E-state index in [2.05, 4.69) is 25.2 Å². The number of imidazole rings is 1. The van der Waals surface area contributed by atoms with Crippen molar-refractivity contribution >= 4 is 28.6 Å². The number of halogens is 2. The van der Waals surface area contributed by atoms with Crippen molar-refractivity contribution in [1.29, 1.82) is 5.26 Å². The van der Waals surface area contributed by atoms with Gasteiger partial charge in [0.15, 0.2) is 17.3 Å². The molecule has 10 nitrogen and oxygen atoms in total. The van der Waals surface area contributed by atoms with Gasteiger partial charge in [-0.25, -0.2) is 18.7 Å². The molecule has 12 heteroatoms. The van der Waals surface area contributed by atoms with E-state index in [-0.39, 0.29) is 17.4 Å². The highest BCUT2D eigenvalue weighted by Crippen LogP contribution is 2.32. The predicted molar refractivity (Wildman–Crippen MR) is 131 cm³/mol. The van der Waals surface area contributed by atoms with Gasteiger partial charge in [-0.2, -0.15) is 10.2 Å². The Morgan fingerprint density at radius 1 is 1.08 bits per heavy atom. The summed E-state index contributed by atoms with van der Waals surface area (Å²) in [4.78, 5) is 29.8. The molecule has 4 aromatic rings. The summed E-state index contributed by atoms with van der Waals surface area (Å²) in [6.07, 6.45) is 3.04. The van der Waals surface area contributed by atoms with Gasteiger partial charge in [-0.05, 0) is 31.3 Å². The van der Waals surface area contributed by atoms with Crippen LogP contribution in [0, 0.1) is 23.0 Å². The van der Waals surface area contributed by atoms with E-state index in [0.29, 0.717) is 41.3 Å². The number of aromatic nitrogens is 4. The number of rotatable bonds is 5. The number of nitriles is 1. The first-order chi connectivity index (χ1) is 17.8. The summed E-state index contributed by atoms with van der Waals surface area (Å²) in [6, 6.07) is 8.25. The van der Waals surface area contributed by atoms with Crippen LogP contribution < -0.4 is 10.1 Å². The van der Waals surface area contributed by atoms with Crippen molar-refractivity contribution in [3.8, 4) is 17.7 Å². The van der Waals surface area contributed by atoms with Gasteiger partial charge in [-0.15, -0.1) is 0 Å². The number of pyridine rings is 2. The number of aryl methyl sites for hydroxylation is 1. The second-order valence-electron chi connectivity index (χ2n) is 8.67. The Morgan fingerprint density at radius 3 is 2.46 bits per heavy atom. The monoisotopic (exact) mass is 504 g/mol. The highest BCUT2D eigenvalue weighted by Gasteiger charge is 2.21. The molecular formula is C25H22F2N8O2. The summed E-state index contributed by atoms with van der Waals surface area (Å²) in [6.45, 7) is 2.96. The Kier molecular flexibility index (Phi) is 6.37. The van der Waals surface area contributed by atoms with Gasteiger partial charge >= 0.3 is 0 Å². The topological polar surface area (TPSA) is 112 Å². The second-order valence-corrected chi connectivity index (χ2v) is 8.67. The molecule has 37 heavy (non-hydrogen) atoms. The van der Waals surface area contributed by atoms with E-state index in [4.69, 9.17) is 10.00 Å². The number of piperazine rings is 1. The van der Waals surface area contributed by atoms with Crippen LogP contribution in [0.1, 0.15) is 15.9 Å². The zero-order valence-electron chi connectivity index (χ0n) is 20.1. The molecule has 5 rings (SSSR count). The number of ether oxygens (including phenoxy) is 1. The molecule has 188 valence electrons. The van der Waals surface area contributed by atoms with Gasteiger partial charge in [0.2, 0.25) is 11.6 Å². The van der Waals surface area contributed by atoms with E-state index < -0.39 is 17.4 Å². The number of hydrogen-bond donors (Lipinski definition) is 1. The van der Waals surface area contributed by atoms with E-state index >= 15 is 0 Å². The number of benzene rings is 1. The minimum atomic E-state index is -1.03. The largest absolute Gasteiger partial charge is 0.433 e. The standard InChI is InChI=1S/C25H22F2N8O2/c1-33-5-7-35(8-6-33)25(36)16-3-4-20(29-13-16)31-19-11-21(32-24-22(19)30-14-34(24)2)37-23-17(26)9-15(12-28)10-18(23)27/h3-4,9-11,13-14H,5-8H2,1-2H3,(H,29,31,32). The minimum Gasteiger partial charge on any atom is -0.433 e. The van der Waals surface area contributed by atoms with Crippen molar-refractivity contribution in [3.05, 3.63) is 65.6 Å². The van der Waals surface area contributed by atoms with Crippen molar-refractivity contribution in [2.75, 3.05) is 38.5 Å². The molecule has 0 atom stereocenters. The van der Waals surface area contributed by atoms with Gasteiger partial charge in [0, 0.05) is 45.5 Å². The van der Waals surface area contributed by atoms with Crippen LogP contribution >= 0.6 is 0 Å². The molecule has 0 bridgehead atoms. The SMILES string of the molecule is CN1CCN(C(=O)c2ccc(Nc3cc(Oc4c(F)cc(C#N)cc4F)nc4c3ncn4C)nc2)CC1. The van der Waals surface area contributed by atoms with E-state index in [1.54, 1.807) is 41.0 Å². The van der Waals surface area contributed by atoms with Crippen LogP contribution in [0.5, 0.6) is 11.6 Å². The lowest BCUT2D eigenvalue weighted by molar-refractivity contribution is 0.0663. The number of likely N-dealkylation sites (N-methyl/N-ethyl adjacent to an activating group) is 1. The molecule has 3 aromatic heterocycles.